The van der Waals surface area contributed by atoms with Gasteiger partial charge in [-0.2, -0.15) is 0 Å². The van der Waals surface area contributed by atoms with E-state index < -0.39 is 11.4 Å². The Balaban J connectivity index is 2.38. The van der Waals surface area contributed by atoms with Crippen molar-refractivity contribution in [1.29, 1.82) is 0 Å². The lowest BCUT2D eigenvalue weighted by Gasteiger charge is -2.27. The van der Waals surface area contributed by atoms with Gasteiger partial charge in [0.1, 0.15) is 5.54 Å². The Morgan fingerprint density at radius 2 is 2.33 bits per heavy atom. The number of likely N-dealkylation sites (tertiary alicyclic amines) is 1. The van der Waals surface area contributed by atoms with E-state index in [1.54, 1.807) is 14.0 Å². The van der Waals surface area contributed by atoms with E-state index >= 15 is 0 Å². The van der Waals surface area contributed by atoms with Gasteiger partial charge < -0.3 is 21.1 Å². The molecule has 0 spiro atoms. The highest BCUT2D eigenvalue weighted by Crippen LogP contribution is 2.17. The number of primary amides is 1. The first-order valence-corrected chi connectivity index (χ1v) is 5.26. The summed E-state index contributed by atoms with van der Waals surface area (Å²) in [5.74, 6) is 0.108. The minimum atomic E-state index is -0.929. The highest BCUT2D eigenvalue weighted by molar-refractivity contribution is 5.84. The summed E-state index contributed by atoms with van der Waals surface area (Å²) >= 11 is 0. The number of carbonyl (C=O) groups excluding carboxylic acids is 1. The Labute approximate surface area is 90.7 Å². The lowest BCUT2D eigenvalue weighted by Crippen LogP contribution is -2.56. The van der Waals surface area contributed by atoms with Gasteiger partial charge in [0.15, 0.2) is 0 Å². The molecule has 1 fully saturated rings. The molecule has 0 radical (unpaired) electrons. The van der Waals surface area contributed by atoms with Crippen LogP contribution >= 0.6 is 0 Å². The van der Waals surface area contributed by atoms with E-state index in [2.05, 4.69) is 4.90 Å². The van der Waals surface area contributed by atoms with E-state index in [0.717, 1.165) is 26.1 Å². The standard InChI is InChI=1S/C10H21N3O2/c1-10(12,9(11)14)7-13-4-3-8(5-13)6-15-2/h8H,3-7,12H2,1-2H3,(H2,11,14). The van der Waals surface area contributed by atoms with Crippen molar-refractivity contribution >= 4 is 5.91 Å². The molecular formula is C10H21N3O2. The number of nitrogens with zero attached hydrogens (tertiary/aromatic N) is 1. The van der Waals surface area contributed by atoms with Gasteiger partial charge in [-0.1, -0.05) is 0 Å². The molecule has 2 atom stereocenters. The molecule has 1 heterocycles. The number of ether oxygens (including phenoxy) is 1. The fraction of sp³-hybridized carbons (Fsp3) is 0.900. The second-order valence-corrected chi connectivity index (χ2v) is 4.63. The largest absolute Gasteiger partial charge is 0.384 e. The fourth-order valence-electron chi connectivity index (χ4n) is 1.97. The normalized spacial score (nSPS) is 26.5. The molecule has 1 amide bonds. The van der Waals surface area contributed by atoms with Crippen LogP contribution < -0.4 is 11.5 Å². The first kappa shape index (κ1) is 12.4. The number of hydrogen-bond donors (Lipinski definition) is 2. The van der Waals surface area contributed by atoms with Crippen molar-refractivity contribution in [2.45, 2.75) is 18.9 Å². The summed E-state index contributed by atoms with van der Waals surface area (Å²) in [6.45, 7) is 4.89. The predicted octanol–water partition coefficient (Wildman–Crippen LogP) is -0.843. The molecular weight excluding hydrogens is 194 g/mol. The van der Waals surface area contributed by atoms with Crippen molar-refractivity contribution in [3.8, 4) is 0 Å². The van der Waals surface area contributed by atoms with Crippen LogP contribution in [-0.4, -0.2) is 49.7 Å². The Kier molecular flexibility index (Phi) is 4.07. The monoisotopic (exact) mass is 215 g/mol. The minimum absolute atomic E-state index is 0.447. The summed E-state index contributed by atoms with van der Waals surface area (Å²) < 4.78 is 5.10. The molecule has 15 heavy (non-hydrogen) atoms. The van der Waals surface area contributed by atoms with Crippen LogP contribution in [0.25, 0.3) is 0 Å². The van der Waals surface area contributed by atoms with Crippen molar-refractivity contribution in [1.82, 2.24) is 4.90 Å². The lowest BCUT2D eigenvalue weighted by molar-refractivity contribution is -0.123. The maximum Gasteiger partial charge on any atom is 0.238 e. The van der Waals surface area contributed by atoms with Crippen LogP contribution in [0, 0.1) is 5.92 Å². The Bertz CT molecular complexity index is 231. The number of hydrogen-bond acceptors (Lipinski definition) is 4. The first-order valence-electron chi connectivity index (χ1n) is 5.26. The van der Waals surface area contributed by atoms with E-state index in [1.165, 1.54) is 0 Å². The van der Waals surface area contributed by atoms with Gasteiger partial charge in [0, 0.05) is 20.2 Å². The second-order valence-electron chi connectivity index (χ2n) is 4.63. The van der Waals surface area contributed by atoms with Crippen LogP contribution in [-0.2, 0) is 9.53 Å². The average Bonchev–Trinajstić information content (AvgIpc) is 2.52. The third-order valence-electron chi connectivity index (χ3n) is 2.89. The van der Waals surface area contributed by atoms with Crippen molar-refractivity contribution in [2.75, 3.05) is 33.4 Å². The minimum Gasteiger partial charge on any atom is -0.384 e. The first-order chi connectivity index (χ1) is 6.95. The number of nitrogens with two attached hydrogens (primary N) is 2. The van der Waals surface area contributed by atoms with Gasteiger partial charge in [-0.15, -0.1) is 0 Å². The molecule has 0 saturated carbocycles. The molecule has 1 saturated heterocycles. The van der Waals surface area contributed by atoms with Crippen molar-refractivity contribution in [3.63, 3.8) is 0 Å². The number of methoxy groups -OCH3 is 1. The fourth-order valence-corrected chi connectivity index (χ4v) is 1.97. The summed E-state index contributed by atoms with van der Waals surface area (Å²) in [5.41, 5.74) is 10.1. The van der Waals surface area contributed by atoms with Crippen molar-refractivity contribution in [2.24, 2.45) is 17.4 Å². The molecule has 5 nitrogen and oxygen atoms in total. The zero-order valence-electron chi connectivity index (χ0n) is 9.53. The zero-order valence-corrected chi connectivity index (χ0v) is 9.53. The molecule has 5 heteroatoms. The predicted molar refractivity (Wildman–Crippen MR) is 58.2 cm³/mol. The molecule has 88 valence electrons. The van der Waals surface area contributed by atoms with Crippen LogP contribution in [0.5, 0.6) is 0 Å². The van der Waals surface area contributed by atoms with Gasteiger partial charge in [0.25, 0.3) is 0 Å². The van der Waals surface area contributed by atoms with E-state index in [4.69, 9.17) is 16.2 Å². The highest BCUT2D eigenvalue weighted by atomic mass is 16.5. The molecule has 0 aromatic heterocycles. The molecule has 1 aliphatic rings. The second kappa shape index (κ2) is 4.92. The van der Waals surface area contributed by atoms with Crippen LogP contribution in [0.4, 0.5) is 0 Å². The lowest BCUT2D eigenvalue weighted by atomic mass is 10.0. The zero-order chi connectivity index (χ0) is 11.5. The van der Waals surface area contributed by atoms with Crippen LogP contribution in [0.3, 0.4) is 0 Å². The Morgan fingerprint density at radius 3 is 2.87 bits per heavy atom. The number of rotatable bonds is 5. The molecule has 0 aliphatic carbocycles. The van der Waals surface area contributed by atoms with Crippen LogP contribution in [0.2, 0.25) is 0 Å². The van der Waals surface area contributed by atoms with E-state index in [-0.39, 0.29) is 0 Å². The molecule has 2 unspecified atom stereocenters. The van der Waals surface area contributed by atoms with E-state index in [0.29, 0.717) is 12.5 Å². The smallest absolute Gasteiger partial charge is 0.238 e. The molecule has 0 bridgehead atoms. The average molecular weight is 215 g/mol. The molecule has 1 aliphatic heterocycles. The van der Waals surface area contributed by atoms with Gasteiger partial charge in [-0.3, -0.25) is 4.79 Å². The summed E-state index contributed by atoms with van der Waals surface area (Å²) in [4.78, 5) is 13.2. The SMILES string of the molecule is COCC1CCN(CC(C)(N)C(N)=O)C1. The van der Waals surface area contributed by atoms with Crippen molar-refractivity contribution in [3.05, 3.63) is 0 Å². The molecule has 0 aromatic rings. The highest BCUT2D eigenvalue weighted by Gasteiger charge is 2.32. The summed E-state index contributed by atoms with van der Waals surface area (Å²) in [5, 5.41) is 0. The molecule has 4 N–H and O–H groups in total. The maximum absolute atomic E-state index is 11.1. The van der Waals surface area contributed by atoms with Gasteiger partial charge >= 0.3 is 0 Å². The van der Waals surface area contributed by atoms with E-state index in [9.17, 15) is 4.79 Å². The Hall–Kier alpha value is -0.650. The van der Waals surface area contributed by atoms with Gasteiger partial charge in [0.2, 0.25) is 5.91 Å². The summed E-state index contributed by atoms with van der Waals surface area (Å²) in [6, 6.07) is 0. The molecule has 1 rings (SSSR count). The third kappa shape index (κ3) is 3.44. The number of amides is 1. The quantitative estimate of drug-likeness (QED) is 0.626. The topological polar surface area (TPSA) is 81.6 Å². The maximum atomic E-state index is 11.1. The number of carbonyl (C=O) groups is 1. The van der Waals surface area contributed by atoms with Gasteiger partial charge in [-0.05, 0) is 25.8 Å². The summed E-state index contributed by atoms with van der Waals surface area (Å²) in [6.07, 6.45) is 1.10. The van der Waals surface area contributed by atoms with E-state index in [1.807, 2.05) is 0 Å². The van der Waals surface area contributed by atoms with Crippen LogP contribution in [0.1, 0.15) is 13.3 Å². The van der Waals surface area contributed by atoms with Gasteiger partial charge in [-0.25, -0.2) is 0 Å². The van der Waals surface area contributed by atoms with Gasteiger partial charge in [0.05, 0.1) is 6.61 Å². The summed E-state index contributed by atoms with van der Waals surface area (Å²) in [7, 11) is 1.71. The molecule has 0 aromatic carbocycles. The van der Waals surface area contributed by atoms with Crippen molar-refractivity contribution < 1.29 is 9.53 Å². The third-order valence-corrected chi connectivity index (χ3v) is 2.89. The van der Waals surface area contributed by atoms with Crippen LogP contribution in [0.15, 0.2) is 0 Å². The Morgan fingerprint density at radius 1 is 1.67 bits per heavy atom.